The average molecular weight is 354 g/mol. The predicted molar refractivity (Wildman–Crippen MR) is 99.4 cm³/mol. The van der Waals surface area contributed by atoms with Gasteiger partial charge in [-0.05, 0) is 53.8 Å². The number of hydrogen-bond donors (Lipinski definition) is 2. The summed E-state index contributed by atoms with van der Waals surface area (Å²) in [6.07, 6.45) is 5.87. The zero-order chi connectivity index (χ0) is 18.7. The number of nitrogens with two attached hydrogens (primary N) is 1. The van der Waals surface area contributed by atoms with Crippen molar-refractivity contribution in [3.05, 3.63) is 76.7 Å². The minimum Gasteiger partial charge on any atom is -0.381 e. The molecule has 4 nitrogen and oxygen atoms in total. The second-order valence-electron chi connectivity index (χ2n) is 6.11. The van der Waals surface area contributed by atoms with E-state index < -0.39 is 5.82 Å². The fraction of sp³-hybridized carbons (Fsp3) is 0.200. The van der Waals surface area contributed by atoms with E-state index in [0.29, 0.717) is 23.4 Å². The van der Waals surface area contributed by atoms with Gasteiger partial charge in [-0.2, -0.15) is 0 Å². The number of hydrogen-bond acceptors (Lipinski definition) is 4. The summed E-state index contributed by atoms with van der Waals surface area (Å²) in [5, 5.41) is 3.08. The van der Waals surface area contributed by atoms with Gasteiger partial charge in [-0.25, -0.2) is 13.8 Å². The lowest BCUT2D eigenvalue weighted by molar-refractivity contribution is 0.613. The van der Waals surface area contributed by atoms with Crippen LogP contribution in [0.5, 0.6) is 0 Å². The zero-order valence-corrected chi connectivity index (χ0v) is 14.7. The quantitative estimate of drug-likeness (QED) is 0.706. The molecule has 3 rings (SSSR count). The summed E-state index contributed by atoms with van der Waals surface area (Å²) in [7, 11) is 0. The molecular formula is C20H20F2N4. The molecule has 0 unspecified atom stereocenters. The molecule has 0 aliphatic heterocycles. The molecule has 134 valence electrons. The first kappa shape index (κ1) is 17.8. The third-order valence-corrected chi connectivity index (χ3v) is 4.41. The van der Waals surface area contributed by atoms with E-state index in [4.69, 9.17) is 5.73 Å². The highest BCUT2D eigenvalue weighted by atomic mass is 19.1. The van der Waals surface area contributed by atoms with Gasteiger partial charge in [0.1, 0.15) is 5.82 Å². The van der Waals surface area contributed by atoms with Crippen molar-refractivity contribution < 1.29 is 8.78 Å². The molecule has 0 saturated heterocycles. The molecule has 2 heterocycles. The molecule has 0 aliphatic carbocycles. The largest absolute Gasteiger partial charge is 0.381 e. The summed E-state index contributed by atoms with van der Waals surface area (Å²) in [5.41, 5.74) is 9.65. The minimum absolute atomic E-state index is 0.125. The third kappa shape index (κ3) is 3.64. The van der Waals surface area contributed by atoms with Crippen LogP contribution in [0, 0.1) is 18.6 Å². The van der Waals surface area contributed by atoms with Crippen molar-refractivity contribution in [3.8, 4) is 0 Å². The van der Waals surface area contributed by atoms with Gasteiger partial charge in [0.05, 0.1) is 17.6 Å². The number of halogens is 2. The summed E-state index contributed by atoms with van der Waals surface area (Å²) < 4.78 is 28.4. The van der Waals surface area contributed by atoms with Gasteiger partial charge in [0, 0.05) is 18.8 Å². The molecule has 3 aromatic rings. The maximum Gasteiger partial charge on any atom is 0.168 e. The summed E-state index contributed by atoms with van der Waals surface area (Å²) in [6.45, 7) is 3.87. The molecule has 0 amide bonds. The first-order chi connectivity index (χ1) is 12.5. The predicted octanol–water partition coefficient (Wildman–Crippen LogP) is 4.54. The number of anilines is 3. The van der Waals surface area contributed by atoms with Crippen LogP contribution in [0.15, 0.2) is 42.9 Å². The van der Waals surface area contributed by atoms with Crippen LogP contribution in [0.1, 0.15) is 29.2 Å². The van der Waals surface area contributed by atoms with E-state index in [2.05, 4.69) is 15.3 Å². The molecule has 6 heteroatoms. The lowest BCUT2D eigenvalue weighted by atomic mass is 10.0. The van der Waals surface area contributed by atoms with Crippen LogP contribution in [-0.2, 0) is 12.8 Å². The van der Waals surface area contributed by atoms with Crippen LogP contribution in [0.2, 0.25) is 0 Å². The highest BCUT2D eigenvalue weighted by molar-refractivity contribution is 5.64. The lowest BCUT2D eigenvalue weighted by Crippen LogP contribution is -2.04. The van der Waals surface area contributed by atoms with E-state index in [1.54, 1.807) is 24.5 Å². The number of aromatic nitrogens is 2. The van der Waals surface area contributed by atoms with E-state index in [-0.39, 0.29) is 11.6 Å². The summed E-state index contributed by atoms with van der Waals surface area (Å²) in [5.74, 6) is -0.964. The van der Waals surface area contributed by atoms with Gasteiger partial charge < -0.3 is 11.1 Å². The molecule has 3 N–H and O–H groups in total. The molecule has 0 saturated carbocycles. The monoisotopic (exact) mass is 354 g/mol. The molecular weight excluding hydrogens is 334 g/mol. The smallest absolute Gasteiger partial charge is 0.168 e. The number of aryl methyl sites for hydroxylation is 1. The van der Waals surface area contributed by atoms with Gasteiger partial charge in [0.15, 0.2) is 11.6 Å². The average Bonchev–Trinajstić information content (AvgIpc) is 2.63. The number of rotatable bonds is 5. The molecule has 0 aliphatic rings. The maximum atomic E-state index is 14.2. The molecule has 0 bridgehead atoms. The van der Waals surface area contributed by atoms with Crippen molar-refractivity contribution >= 4 is 17.2 Å². The Labute approximate surface area is 151 Å². The molecule has 2 aromatic heterocycles. The molecule has 0 spiro atoms. The fourth-order valence-corrected chi connectivity index (χ4v) is 2.74. The minimum atomic E-state index is -0.522. The van der Waals surface area contributed by atoms with Crippen LogP contribution in [0.25, 0.3) is 0 Å². The van der Waals surface area contributed by atoms with E-state index in [1.807, 2.05) is 19.9 Å². The standard InChI is InChI=1S/C20H20F2N4/c1-3-13-4-5-17(16(21)8-13)26-18-11-24-10-15(12(18)2)9-14-6-7-25-20(23)19(14)22/h4-8,10-11,26H,3,9H2,1-2H3,(H2,23,25). The molecule has 26 heavy (non-hydrogen) atoms. The first-order valence-corrected chi connectivity index (χ1v) is 8.37. The van der Waals surface area contributed by atoms with Crippen LogP contribution in [-0.4, -0.2) is 9.97 Å². The van der Waals surface area contributed by atoms with E-state index in [9.17, 15) is 8.78 Å². The second-order valence-corrected chi connectivity index (χ2v) is 6.11. The normalized spacial score (nSPS) is 10.8. The van der Waals surface area contributed by atoms with Crippen LogP contribution in [0.4, 0.5) is 26.0 Å². The number of nitrogen functional groups attached to an aromatic ring is 1. The number of nitrogens with zero attached hydrogens (tertiary/aromatic N) is 2. The number of benzene rings is 1. The van der Waals surface area contributed by atoms with Gasteiger partial charge in [-0.1, -0.05) is 13.0 Å². The molecule has 1 aromatic carbocycles. The van der Waals surface area contributed by atoms with Gasteiger partial charge in [-0.3, -0.25) is 4.98 Å². The van der Waals surface area contributed by atoms with Crippen LogP contribution < -0.4 is 11.1 Å². The van der Waals surface area contributed by atoms with Crippen molar-refractivity contribution in [1.82, 2.24) is 9.97 Å². The van der Waals surface area contributed by atoms with Crippen molar-refractivity contribution in [2.75, 3.05) is 11.1 Å². The van der Waals surface area contributed by atoms with Crippen molar-refractivity contribution in [3.63, 3.8) is 0 Å². The summed E-state index contributed by atoms with van der Waals surface area (Å²) in [6, 6.07) is 6.70. The highest BCUT2D eigenvalue weighted by Crippen LogP contribution is 2.26. The molecule has 0 radical (unpaired) electrons. The van der Waals surface area contributed by atoms with Crippen LogP contribution >= 0.6 is 0 Å². The Morgan fingerprint density at radius 1 is 1.08 bits per heavy atom. The maximum absolute atomic E-state index is 14.2. The lowest BCUT2D eigenvalue weighted by Gasteiger charge is -2.14. The van der Waals surface area contributed by atoms with E-state index in [0.717, 1.165) is 23.1 Å². The Balaban J connectivity index is 1.89. The Bertz CT molecular complexity index is 941. The van der Waals surface area contributed by atoms with Gasteiger partial charge in [0.25, 0.3) is 0 Å². The second kappa shape index (κ2) is 7.47. The Kier molecular flexibility index (Phi) is 5.11. The highest BCUT2D eigenvalue weighted by Gasteiger charge is 2.12. The first-order valence-electron chi connectivity index (χ1n) is 8.37. The van der Waals surface area contributed by atoms with E-state index in [1.165, 1.54) is 12.3 Å². The number of nitrogens with one attached hydrogen (secondary N) is 1. The summed E-state index contributed by atoms with van der Waals surface area (Å²) >= 11 is 0. The molecule has 0 atom stereocenters. The van der Waals surface area contributed by atoms with E-state index >= 15 is 0 Å². The van der Waals surface area contributed by atoms with Gasteiger partial charge >= 0.3 is 0 Å². The third-order valence-electron chi connectivity index (χ3n) is 4.41. The number of pyridine rings is 2. The van der Waals surface area contributed by atoms with Crippen molar-refractivity contribution in [1.29, 1.82) is 0 Å². The fourth-order valence-electron chi connectivity index (χ4n) is 2.74. The van der Waals surface area contributed by atoms with Crippen molar-refractivity contribution in [2.45, 2.75) is 26.7 Å². The summed E-state index contributed by atoms with van der Waals surface area (Å²) in [4.78, 5) is 7.93. The zero-order valence-electron chi connectivity index (χ0n) is 14.7. The Morgan fingerprint density at radius 3 is 2.62 bits per heavy atom. The SMILES string of the molecule is CCc1ccc(Nc2cncc(Cc3ccnc(N)c3F)c2C)c(F)c1. The van der Waals surface area contributed by atoms with Crippen molar-refractivity contribution in [2.24, 2.45) is 0 Å². The van der Waals surface area contributed by atoms with Crippen LogP contribution in [0.3, 0.4) is 0 Å². The topological polar surface area (TPSA) is 63.8 Å². The van der Waals surface area contributed by atoms with Gasteiger partial charge in [-0.15, -0.1) is 0 Å². The van der Waals surface area contributed by atoms with Gasteiger partial charge in [0.2, 0.25) is 0 Å². The Hall–Kier alpha value is -3.02. The molecule has 0 fully saturated rings. The Morgan fingerprint density at radius 2 is 1.88 bits per heavy atom.